The highest BCUT2D eigenvalue weighted by molar-refractivity contribution is 6.32. The second kappa shape index (κ2) is 4.81. The van der Waals surface area contributed by atoms with Gasteiger partial charge in [0, 0.05) is 11.6 Å². The van der Waals surface area contributed by atoms with E-state index in [9.17, 15) is 23.1 Å². The molecular weight excluding hydrogens is 321 g/mol. The number of phenolic OH excluding ortho intramolecular Hbond substituents is 1. The molecule has 4 nitrogen and oxygen atoms in total. The molecule has 0 bridgehead atoms. The number of anilines is 1. The lowest BCUT2D eigenvalue weighted by Crippen LogP contribution is -2.58. The molecule has 2 aliphatic rings. The lowest BCUT2D eigenvalue weighted by Gasteiger charge is -2.39. The predicted molar refractivity (Wildman–Crippen MR) is 74.9 cm³/mol. The third-order valence-corrected chi connectivity index (χ3v) is 4.06. The van der Waals surface area contributed by atoms with Gasteiger partial charge in [0.05, 0.1) is 10.7 Å². The molecule has 118 valence electrons. The van der Waals surface area contributed by atoms with E-state index in [0.29, 0.717) is 0 Å². The van der Waals surface area contributed by atoms with Crippen molar-refractivity contribution in [3.63, 3.8) is 0 Å². The van der Waals surface area contributed by atoms with Gasteiger partial charge in [-0.05, 0) is 30.9 Å². The number of benzene rings is 1. The average molecular weight is 333 g/mol. The van der Waals surface area contributed by atoms with Crippen LogP contribution in [0.25, 0.3) is 0 Å². The highest BCUT2D eigenvalue weighted by Crippen LogP contribution is 2.48. The molecule has 3 rings (SSSR count). The molecule has 1 saturated carbocycles. The first kappa shape index (κ1) is 15.0. The molecule has 1 atom stereocenters. The van der Waals surface area contributed by atoms with Crippen molar-refractivity contribution >= 4 is 23.3 Å². The second-order valence-electron chi connectivity index (χ2n) is 5.43. The SMILES string of the molecule is O=C1Nc2cc(O)c(Cl)cc2[C@@](C=CC2CC2)(C(F)(F)F)N1. The summed E-state index contributed by atoms with van der Waals surface area (Å²) in [5.41, 5.74) is -3.03. The van der Waals surface area contributed by atoms with Gasteiger partial charge >= 0.3 is 12.2 Å². The van der Waals surface area contributed by atoms with Crippen molar-refractivity contribution < 1.29 is 23.1 Å². The molecule has 0 unspecified atom stereocenters. The largest absolute Gasteiger partial charge is 0.506 e. The summed E-state index contributed by atoms with van der Waals surface area (Å²) in [6.07, 6.45) is -0.663. The Morgan fingerprint density at radius 1 is 1.36 bits per heavy atom. The van der Waals surface area contributed by atoms with E-state index < -0.39 is 23.5 Å². The van der Waals surface area contributed by atoms with Crippen molar-refractivity contribution in [3.05, 3.63) is 34.9 Å². The van der Waals surface area contributed by atoms with Crippen LogP contribution in [0.15, 0.2) is 24.3 Å². The number of alkyl halides is 3. The highest BCUT2D eigenvalue weighted by atomic mass is 35.5. The fourth-order valence-electron chi connectivity index (χ4n) is 2.41. The Labute approximate surface area is 129 Å². The van der Waals surface area contributed by atoms with Gasteiger partial charge in [-0.15, -0.1) is 0 Å². The number of carbonyl (C=O) groups excluding carboxylic acids is 1. The van der Waals surface area contributed by atoms with Crippen molar-refractivity contribution in [2.75, 3.05) is 5.32 Å². The number of hydrogen-bond acceptors (Lipinski definition) is 2. The number of fused-ring (bicyclic) bond motifs is 1. The second-order valence-corrected chi connectivity index (χ2v) is 5.84. The van der Waals surface area contributed by atoms with E-state index in [0.717, 1.165) is 31.1 Å². The van der Waals surface area contributed by atoms with Gasteiger partial charge in [0.25, 0.3) is 0 Å². The monoisotopic (exact) mass is 332 g/mol. The topological polar surface area (TPSA) is 61.4 Å². The number of aromatic hydroxyl groups is 1. The molecule has 1 aliphatic heterocycles. The zero-order valence-corrected chi connectivity index (χ0v) is 11.9. The minimum absolute atomic E-state index is 0.0991. The smallest absolute Gasteiger partial charge is 0.419 e. The van der Waals surface area contributed by atoms with Crippen molar-refractivity contribution in [2.24, 2.45) is 5.92 Å². The van der Waals surface area contributed by atoms with Crippen LogP contribution in [0, 0.1) is 5.92 Å². The van der Waals surface area contributed by atoms with Gasteiger partial charge in [-0.1, -0.05) is 17.7 Å². The third-order valence-electron chi connectivity index (χ3n) is 3.76. The van der Waals surface area contributed by atoms with E-state index in [1.165, 1.54) is 6.08 Å². The van der Waals surface area contributed by atoms with Gasteiger partial charge in [-0.2, -0.15) is 13.2 Å². The van der Waals surface area contributed by atoms with E-state index in [-0.39, 0.29) is 22.2 Å². The fourth-order valence-corrected chi connectivity index (χ4v) is 2.57. The summed E-state index contributed by atoms with van der Waals surface area (Å²) in [5.74, 6) is -0.299. The van der Waals surface area contributed by atoms with E-state index in [1.54, 1.807) is 0 Å². The Morgan fingerprint density at radius 2 is 2.05 bits per heavy atom. The molecule has 1 fully saturated rings. The molecule has 0 saturated heterocycles. The minimum atomic E-state index is -4.76. The van der Waals surface area contributed by atoms with Gasteiger partial charge in [0.15, 0.2) is 5.54 Å². The number of nitrogens with one attached hydrogen (secondary N) is 2. The van der Waals surface area contributed by atoms with Gasteiger partial charge in [-0.25, -0.2) is 4.79 Å². The van der Waals surface area contributed by atoms with Gasteiger partial charge < -0.3 is 15.7 Å². The first-order valence-corrected chi connectivity index (χ1v) is 6.99. The Kier molecular flexibility index (Phi) is 3.28. The van der Waals surface area contributed by atoms with Crippen LogP contribution in [0.1, 0.15) is 18.4 Å². The molecule has 1 heterocycles. The first-order chi connectivity index (χ1) is 10.2. The van der Waals surface area contributed by atoms with Crippen LogP contribution in [0.2, 0.25) is 5.02 Å². The third kappa shape index (κ3) is 2.39. The molecule has 1 aromatic rings. The van der Waals surface area contributed by atoms with Crippen LogP contribution in [0.3, 0.4) is 0 Å². The van der Waals surface area contributed by atoms with Crippen LogP contribution in [0.4, 0.5) is 23.7 Å². The van der Waals surface area contributed by atoms with Crippen LogP contribution >= 0.6 is 11.6 Å². The number of rotatable bonds is 2. The van der Waals surface area contributed by atoms with E-state index in [2.05, 4.69) is 5.32 Å². The normalized spacial score (nSPS) is 24.8. The number of urea groups is 1. The van der Waals surface area contributed by atoms with Crippen LogP contribution in [0.5, 0.6) is 5.75 Å². The Balaban J connectivity index is 2.21. The van der Waals surface area contributed by atoms with Crippen LogP contribution in [-0.2, 0) is 5.54 Å². The van der Waals surface area contributed by atoms with Crippen LogP contribution in [-0.4, -0.2) is 17.3 Å². The van der Waals surface area contributed by atoms with Gasteiger partial charge in [0.2, 0.25) is 0 Å². The molecule has 0 radical (unpaired) electrons. The van der Waals surface area contributed by atoms with E-state index >= 15 is 0 Å². The quantitative estimate of drug-likeness (QED) is 0.719. The van der Waals surface area contributed by atoms with Crippen molar-refractivity contribution in [1.82, 2.24) is 5.32 Å². The van der Waals surface area contributed by atoms with Crippen LogP contribution < -0.4 is 10.6 Å². The maximum atomic E-state index is 13.8. The summed E-state index contributed by atoms with van der Waals surface area (Å²) in [4.78, 5) is 11.7. The lowest BCUT2D eigenvalue weighted by atomic mass is 9.85. The van der Waals surface area contributed by atoms with Crippen molar-refractivity contribution in [3.8, 4) is 5.75 Å². The number of carbonyl (C=O) groups is 1. The molecule has 22 heavy (non-hydrogen) atoms. The molecule has 0 aromatic heterocycles. The summed E-state index contributed by atoms with van der Waals surface area (Å²) in [6, 6.07) is 1.04. The fraction of sp³-hybridized carbons (Fsp3) is 0.357. The molecule has 2 amide bonds. The Hall–Kier alpha value is -1.89. The van der Waals surface area contributed by atoms with Crippen molar-refractivity contribution in [2.45, 2.75) is 24.6 Å². The first-order valence-electron chi connectivity index (χ1n) is 6.61. The number of hydrogen-bond donors (Lipinski definition) is 3. The van der Waals surface area contributed by atoms with E-state index in [4.69, 9.17) is 11.6 Å². The summed E-state index contributed by atoms with van der Waals surface area (Å²) in [5, 5.41) is 13.6. The molecule has 1 aliphatic carbocycles. The number of phenols is 1. The summed E-state index contributed by atoms with van der Waals surface area (Å²) >= 11 is 5.75. The zero-order chi connectivity index (χ0) is 16.1. The lowest BCUT2D eigenvalue weighted by molar-refractivity contribution is -0.181. The Morgan fingerprint density at radius 3 is 2.64 bits per heavy atom. The molecule has 8 heteroatoms. The molecule has 0 spiro atoms. The van der Waals surface area contributed by atoms with Gasteiger partial charge in [0.1, 0.15) is 5.75 Å². The maximum Gasteiger partial charge on any atom is 0.419 e. The average Bonchev–Trinajstić information content (AvgIpc) is 3.21. The Bertz CT molecular complexity index is 671. The van der Waals surface area contributed by atoms with E-state index in [1.807, 2.05) is 5.32 Å². The van der Waals surface area contributed by atoms with Gasteiger partial charge in [-0.3, -0.25) is 0 Å². The number of allylic oxidation sites excluding steroid dienone is 1. The summed E-state index contributed by atoms with van der Waals surface area (Å²) in [7, 11) is 0. The molecule has 3 N–H and O–H groups in total. The maximum absolute atomic E-state index is 13.8. The summed E-state index contributed by atoms with van der Waals surface area (Å²) < 4.78 is 41.3. The number of amides is 2. The highest BCUT2D eigenvalue weighted by Gasteiger charge is 2.58. The minimum Gasteiger partial charge on any atom is -0.506 e. The standard InChI is InChI=1S/C14H12ClF3N2O2/c15-9-5-8-10(6-11(9)21)19-12(22)20-13(8,14(16,17)18)4-3-7-1-2-7/h3-7,21H,1-2H2,(H2,19,20,22)/t13-/m0/s1. The predicted octanol–water partition coefficient (Wildman–Crippen LogP) is 3.90. The van der Waals surface area contributed by atoms with Crippen molar-refractivity contribution in [1.29, 1.82) is 0 Å². The molecule has 1 aromatic carbocycles. The summed E-state index contributed by atoms with van der Waals surface area (Å²) in [6.45, 7) is 0. The molecular formula is C14H12ClF3N2O2. The number of halogens is 4. The zero-order valence-electron chi connectivity index (χ0n) is 11.2.